The summed E-state index contributed by atoms with van der Waals surface area (Å²) in [6.45, 7) is 16.5. The lowest BCUT2D eigenvalue weighted by molar-refractivity contribution is -0.921. The van der Waals surface area contributed by atoms with Crippen LogP contribution < -0.4 is 0 Å². The van der Waals surface area contributed by atoms with Crippen molar-refractivity contribution in [3.63, 3.8) is 0 Å². The van der Waals surface area contributed by atoms with Crippen LogP contribution in [0.4, 0.5) is 0 Å². The van der Waals surface area contributed by atoms with E-state index in [4.69, 9.17) is 5.11 Å². The van der Waals surface area contributed by atoms with Crippen molar-refractivity contribution in [1.82, 2.24) is 0 Å². The Hall–Kier alpha value is -0.570. The van der Waals surface area contributed by atoms with Gasteiger partial charge in [0.25, 0.3) is 0 Å². The van der Waals surface area contributed by atoms with E-state index in [1.54, 1.807) is 0 Å². The van der Waals surface area contributed by atoms with Gasteiger partial charge in [0.15, 0.2) is 0 Å². The summed E-state index contributed by atoms with van der Waals surface area (Å²) in [6, 6.07) is 0. The summed E-state index contributed by atoms with van der Waals surface area (Å²) in [5.74, 6) is -0.651. The summed E-state index contributed by atoms with van der Waals surface area (Å²) < 4.78 is 1.28. The van der Waals surface area contributed by atoms with Gasteiger partial charge >= 0.3 is 5.97 Å². The molecule has 0 aromatic rings. The van der Waals surface area contributed by atoms with Gasteiger partial charge in [0.05, 0.1) is 26.2 Å². The second kappa shape index (κ2) is 27.7. The van der Waals surface area contributed by atoms with Gasteiger partial charge in [0, 0.05) is 6.42 Å². The van der Waals surface area contributed by atoms with Crippen LogP contribution in [0.5, 0.6) is 0 Å². The lowest BCUT2D eigenvalue weighted by atomic mass is 10.0. The van der Waals surface area contributed by atoms with Crippen molar-refractivity contribution >= 4 is 5.97 Å². The Labute approximate surface area is 209 Å². The predicted molar refractivity (Wildman–Crippen MR) is 148 cm³/mol. The average molecular weight is 471 g/mol. The first-order valence-corrected chi connectivity index (χ1v) is 15.1. The summed E-state index contributed by atoms with van der Waals surface area (Å²) in [5, 5.41) is 8.56. The van der Waals surface area contributed by atoms with Gasteiger partial charge in [-0.25, -0.2) is 0 Å². The summed E-state index contributed by atoms with van der Waals surface area (Å²) >= 11 is 0. The minimum absolute atomic E-state index is 0.346. The SMILES string of the molecule is CCCCCCCCCCCCCCCCCCCCCC(=O)O.CC[N+](CC)(CC)CC. The van der Waals surface area contributed by atoms with Gasteiger partial charge in [0.1, 0.15) is 0 Å². The first kappa shape index (κ1) is 34.6. The Bertz CT molecular complexity index is 362. The van der Waals surface area contributed by atoms with Gasteiger partial charge in [-0.15, -0.1) is 0 Å². The fourth-order valence-electron chi connectivity index (χ4n) is 4.70. The summed E-state index contributed by atoms with van der Waals surface area (Å²) in [5.41, 5.74) is 0. The van der Waals surface area contributed by atoms with Crippen molar-refractivity contribution in [3.8, 4) is 0 Å². The van der Waals surface area contributed by atoms with Gasteiger partial charge in [0.2, 0.25) is 0 Å². The van der Waals surface area contributed by atoms with E-state index < -0.39 is 5.97 Å². The maximum Gasteiger partial charge on any atom is 0.303 e. The maximum atomic E-state index is 10.4. The van der Waals surface area contributed by atoms with Crippen molar-refractivity contribution in [2.24, 2.45) is 0 Å². The Balaban J connectivity index is 0. The van der Waals surface area contributed by atoms with Crippen molar-refractivity contribution < 1.29 is 14.4 Å². The zero-order valence-corrected chi connectivity index (χ0v) is 23.8. The summed E-state index contributed by atoms with van der Waals surface area (Å²) in [4.78, 5) is 10.4. The molecular formula is C30H64NO2+. The minimum Gasteiger partial charge on any atom is -0.481 e. The molecular weight excluding hydrogens is 406 g/mol. The molecule has 0 bridgehead atoms. The van der Waals surface area contributed by atoms with Crippen LogP contribution in [0.25, 0.3) is 0 Å². The molecule has 0 atom stereocenters. The number of quaternary nitrogens is 1. The lowest BCUT2D eigenvalue weighted by Crippen LogP contribution is -2.47. The van der Waals surface area contributed by atoms with Gasteiger partial charge < -0.3 is 9.59 Å². The summed E-state index contributed by atoms with van der Waals surface area (Å²) in [7, 11) is 0. The van der Waals surface area contributed by atoms with Gasteiger partial charge in [-0.05, 0) is 34.1 Å². The molecule has 0 amide bonds. The number of unbranched alkanes of at least 4 members (excludes halogenated alkanes) is 18. The number of carbonyl (C=O) groups is 1. The van der Waals surface area contributed by atoms with Crippen LogP contribution in [-0.4, -0.2) is 41.7 Å². The predicted octanol–water partition coefficient (Wildman–Crippen LogP) is 9.78. The molecule has 0 saturated carbocycles. The summed E-state index contributed by atoms with van der Waals surface area (Å²) in [6.07, 6.45) is 26.1. The van der Waals surface area contributed by atoms with E-state index >= 15 is 0 Å². The Morgan fingerprint density at radius 1 is 0.455 bits per heavy atom. The molecule has 0 fully saturated rings. The van der Waals surface area contributed by atoms with E-state index in [0.717, 1.165) is 12.8 Å². The van der Waals surface area contributed by atoms with Crippen LogP contribution in [0.3, 0.4) is 0 Å². The van der Waals surface area contributed by atoms with E-state index in [1.807, 2.05) is 0 Å². The molecule has 0 rings (SSSR count). The standard InChI is InChI=1S/C22H44O2.C8H20N/c1-2-3-4-5-6-7-8-9-10-11-12-13-14-15-16-17-18-19-20-21-22(23)24;1-5-9(6-2,7-3)8-4/h2-21H2,1H3,(H,23,24);5-8H2,1-4H3/q;+1. The third-order valence-electron chi connectivity index (χ3n) is 7.68. The Morgan fingerprint density at radius 2 is 0.697 bits per heavy atom. The van der Waals surface area contributed by atoms with E-state index in [2.05, 4.69) is 34.6 Å². The van der Waals surface area contributed by atoms with Gasteiger partial charge in [-0.1, -0.05) is 122 Å². The van der Waals surface area contributed by atoms with Crippen molar-refractivity contribution in [2.75, 3.05) is 26.2 Å². The Morgan fingerprint density at radius 3 is 0.879 bits per heavy atom. The Kier molecular flexibility index (Phi) is 29.0. The highest BCUT2D eigenvalue weighted by atomic mass is 16.4. The molecule has 0 heterocycles. The van der Waals surface area contributed by atoms with Crippen LogP contribution >= 0.6 is 0 Å². The second-order valence-electron chi connectivity index (χ2n) is 10.1. The molecule has 0 saturated heterocycles. The molecule has 0 unspecified atom stereocenters. The molecule has 0 aromatic carbocycles. The maximum absolute atomic E-state index is 10.4. The molecule has 0 aliphatic carbocycles. The van der Waals surface area contributed by atoms with Crippen LogP contribution in [0, 0.1) is 0 Å². The number of carboxylic acids is 1. The van der Waals surface area contributed by atoms with Crippen molar-refractivity contribution in [3.05, 3.63) is 0 Å². The lowest BCUT2D eigenvalue weighted by Gasteiger charge is -2.34. The highest BCUT2D eigenvalue weighted by Crippen LogP contribution is 2.14. The number of nitrogens with zero attached hydrogens (tertiary/aromatic N) is 1. The smallest absolute Gasteiger partial charge is 0.303 e. The van der Waals surface area contributed by atoms with Gasteiger partial charge in [-0.3, -0.25) is 4.79 Å². The molecule has 0 spiro atoms. The van der Waals surface area contributed by atoms with E-state index in [0.29, 0.717) is 6.42 Å². The number of carboxylic acid groups (broad SMARTS) is 1. The monoisotopic (exact) mass is 470 g/mol. The minimum atomic E-state index is -0.651. The van der Waals surface area contributed by atoms with Crippen LogP contribution in [0.1, 0.15) is 163 Å². The molecule has 0 aromatic heterocycles. The van der Waals surface area contributed by atoms with Crippen LogP contribution in [0.15, 0.2) is 0 Å². The highest BCUT2D eigenvalue weighted by Gasteiger charge is 2.16. The molecule has 1 N–H and O–H groups in total. The largest absolute Gasteiger partial charge is 0.481 e. The number of rotatable bonds is 24. The van der Waals surface area contributed by atoms with Gasteiger partial charge in [-0.2, -0.15) is 0 Å². The molecule has 200 valence electrons. The fourth-order valence-corrected chi connectivity index (χ4v) is 4.70. The van der Waals surface area contributed by atoms with E-state index in [9.17, 15) is 4.79 Å². The number of aliphatic carboxylic acids is 1. The highest BCUT2D eigenvalue weighted by molar-refractivity contribution is 5.66. The third kappa shape index (κ3) is 25.9. The molecule has 3 heteroatoms. The zero-order valence-electron chi connectivity index (χ0n) is 23.8. The van der Waals surface area contributed by atoms with Crippen molar-refractivity contribution in [2.45, 2.75) is 163 Å². The zero-order chi connectivity index (χ0) is 25.0. The average Bonchev–Trinajstić information content (AvgIpc) is 2.82. The molecule has 33 heavy (non-hydrogen) atoms. The van der Waals surface area contributed by atoms with E-state index in [-0.39, 0.29) is 0 Å². The quantitative estimate of drug-likeness (QED) is 0.112. The first-order chi connectivity index (χ1) is 16.0. The number of hydrogen-bond donors (Lipinski definition) is 1. The molecule has 0 aliphatic heterocycles. The van der Waals surface area contributed by atoms with Crippen molar-refractivity contribution in [1.29, 1.82) is 0 Å². The normalized spacial score (nSPS) is 11.3. The second-order valence-corrected chi connectivity index (χ2v) is 10.1. The first-order valence-electron chi connectivity index (χ1n) is 15.1. The number of hydrogen-bond acceptors (Lipinski definition) is 1. The molecule has 0 aliphatic rings. The van der Waals surface area contributed by atoms with Crippen LogP contribution in [-0.2, 0) is 4.79 Å². The molecule has 3 nitrogen and oxygen atoms in total. The topological polar surface area (TPSA) is 37.3 Å². The van der Waals surface area contributed by atoms with Crippen LogP contribution in [0.2, 0.25) is 0 Å². The fraction of sp³-hybridized carbons (Fsp3) is 0.967. The molecule has 0 radical (unpaired) electrons. The third-order valence-corrected chi connectivity index (χ3v) is 7.68. The van der Waals surface area contributed by atoms with E-state index in [1.165, 1.54) is 140 Å².